The lowest BCUT2D eigenvalue weighted by Gasteiger charge is -2.35. The lowest BCUT2D eigenvalue weighted by Crippen LogP contribution is -2.48. The molecule has 2 aromatic carbocycles. The number of piperazine rings is 1. The summed E-state index contributed by atoms with van der Waals surface area (Å²) >= 11 is 0. The molecule has 25 heavy (non-hydrogen) atoms. The Labute approximate surface area is 148 Å². The van der Waals surface area contributed by atoms with Gasteiger partial charge in [-0.1, -0.05) is 42.5 Å². The number of carbonyl (C=O) groups is 1. The van der Waals surface area contributed by atoms with Crippen molar-refractivity contribution in [3.05, 3.63) is 72.1 Å². The summed E-state index contributed by atoms with van der Waals surface area (Å²) < 4.78 is 1.89. The molecule has 1 saturated heterocycles. The Hall–Kier alpha value is -2.59. The molecule has 1 fully saturated rings. The van der Waals surface area contributed by atoms with Crippen LogP contribution in [-0.2, 0) is 13.6 Å². The van der Waals surface area contributed by atoms with Gasteiger partial charge in [0.15, 0.2) is 0 Å². The average molecular weight is 333 g/mol. The fourth-order valence-corrected chi connectivity index (χ4v) is 3.63. The van der Waals surface area contributed by atoms with Crippen molar-refractivity contribution in [2.75, 3.05) is 26.2 Å². The average Bonchev–Trinajstić information content (AvgIpc) is 3.08. The van der Waals surface area contributed by atoms with Crippen LogP contribution in [-0.4, -0.2) is 46.5 Å². The van der Waals surface area contributed by atoms with E-state index in [0.29, 0.717) is 0 Å². The largest absolute Gasteiger partial charge is 0.347 e. The van der Waals surface area contributed by atoms with Crippen LogP contribution in [0.4, 0.5) is 0 Å². The van der Waals surface area contributed by atoms with E-state index in [9.17, 15) is 4.79 Å². The van der Waals surface area contributed by atoms with Gasteiger partial charge >= 0.3 is 0 Å². The Bertz CT molecular complexity index is 886. The third-order valence-corrected chi connectivity index (χ3v) is 5.10. The second-order valence-corrected chi connectivity index (χ2v) is 6.71. The number of rotatable bonds is 3. The van der Waals surface area contributed by atoms with Crippen LogP contribution in [0.1, 0.15) is 16.1 Å². The summed E-state index contributed by atoms with van der Waals surface area (Å²) in [6.07, 6.45) is 1.92. The number of hydrogen-bond donors (Lipinski definition) is 0. The molecule has 1 aliphatic rings. The summed E-state index contributed by atoms with van der Waals surface area (Å²) in [6.45, 7) is 4.34. The maximum atomic E-state index is 12.6. The molecule has 0 atom stereocenters. The van der Waals surface area contributed by atoms with Gasteiger partial charge in [0.05, 0.1) is 0 Å². The van der Waals surface area contributed by atoms with Gasteiger partial charge in [0, 0.05) is 46.0 Å². The molecule has 4 nitrogen and oxygen atoms in total. The maximum Gasteiger partial charge on any atom is 0.270 e. The van der Waals surface area contributed by atoms with Crippen molar-refractivity contribution in [2.24, 2.45) is 7.05 Å². The molecule has 4 heteroatoms. The van der Waals surface area contributed by atoms with Crippen molar-refractivity contribution in [3.8, 4) is 0 Å². The van der Waals surface area contributed by atoms with Gasteiger partial charge in [-0.25, -0.2) is 0 Å². The number of carbonyl (C=O) groups excluding carboxylic acids is 1. The zero-order valence-electron chi connectivity index (χ0n) is 14.6. The van der Waals surface area contributed by atoms with E-state index in [0.717, 1.165) is 38.4 Å². The highest BCUT2D eigenvalue weighted by molar-refractivity contribution is 5.92. The predicted octanol–water partition coefficient (Wildman–Crippen LogP) is 3.14. The van der Waals surface area contributed by atoms with Gasteiger partial charge in [-0.2, -0.15) is 0 Å². The van der Waals surface area contributed by atoms with Crippen LogP contribution in [0.3, 0.4) is 0 Å². The first-order valence-corrected chi connectivity index (χ1v) is 8.82. The highest BCUT2D eigenvalue weighted by atomic mass is 16.2. The van der Waals surface area contributed by atoms with Gasteiger partial charge in [-0.3, -0.25) is 9.69 Å². The summed E-state index contributed by atoms with van der Waals surface area (Å²) in [5, 5.41) is 2.62. The molecule has 2 heterocycles. The minimum atomic E-state index is 0.136. The molecule has 1 aromatic heterocycles. The van der Waals surface area contributed by atoms with Crippen LogP contribution in [0.15, 0.2) is 60.8 Å². The number of hydrogen-bond acceptors (Lipinski definition) is 2. The Balaban J connectivity index is 1.42. The topological polar surface area (TPSA) is 28.5 Å². The monoisotopic (exact) mass is 333 g/mol. The SMILES string of the molecule is Cn1cccc1C(=O)N1CCN(Cc2cccc3ccccc23)CC1. The van der Waals surface area contributed by atoms with Crippen molar-refractivity contribution in [1.82, 2.24) is 14.4 Å². The van der Waals surface area contributed by atoms with Crippen LogP contribution < -0.4 is 0 Å². The zero-order valence-corrected chi connectivity index (χ0v) is 14.6. The fraction of sp³-hybridized carbons (Fsp3) is 0.286. The van der Waals surface area contributed by atoms with Crippen LogP contribution >= 0.6 is 0 Å². The summed E-state index contributed by atoms with van der Waals surface area (Å²) in [4.78, 5) is 17.0. The van der Waals surface area contributed by atoms with E-state index >= 15 is 0 Å². The van der Waals surface area contributed by atoms with E-state index in [1.807, 2.05) is 34.8 Å². The van der Waals surface area contributed by atoms with Crippen molar-refractivity contribution in [2.45, 2.75) is 6.54 Å². The van der Waals surface area contributed by atoms with E-state index in [1.54, 1.807) is 0 Å². The van der Waals surface area contributed by atoms with Crippen molar-refractivity contribution in [3.63, 3.8) is 0 Å². The second-order valence-electron chi connectivity index (χ2n) is 6.71. The number of benzene rings is 2. The third kappa shape index (κ3) is 3.17. The number of aryl methyl sites for hydroxylation is 1. The Kier molecular flexibility index (Phi) is 4.28. The van der Waals surface area contributed by atoms with Crippen molar-refractivity contribution < 1.29 is 4.79 Å². The Morgan fingerprint density at radius 3 is 2.44 bits per heavy atom. The molecular weight excluding hydrogens is 310 g/mol. The van der Waals surface area contributed by atoms with Crippen molar-refractivity contribution in [1.29, 1.82) is 0 Å². The Morgan fingerprint density at radius 2 is 1.68 bits per heavy atom. The standard InChI is InChI=1S/C21H23N3O/c1-22-11-5-10-20(22)21(25)24-14-12-23(13-15-24)16-18-8-4-7-17-6-2-3-9-19(17)18/h2-11H,12-16H2,1H3. The minimum Gasteiger partial charge on any atom is -0.347 e. The highest BCUT2D eigenvalue weighted by Crippen LogP contribution is 2.20. The predicted molar refractivity (Wildman–Crippen MR) is 101 cm³/mol. The van der Waals surface area contributed by atoms with E-state index in [4.69, 9.17) is 0 Å². The summed E-state index contributed by atoms with van der Waals surface area (Å²) in [5.41, 5.74) is 2.13. The van der Waals surface area contributed by atoms with Crippen molar-refractivity contribution >= 4 is 16.7 Å². The summed E-state index contributed by atoms with van der Waals surface area (Å²) in [6, 6.07) is 18.9. The van der Waals surface area contributed by atoms with Crippen LogP contribution in [0, 0.1) is 0 Å². The summed E-state index contributed by atoms with van der Waals surface area (Å²) in [7, 11) is 1.92. The number of fused-ring (bicyclic) bond motifs is 1. The molecule has 1 amide bonds. The van der Waals surface area contributed by atoms with Crippen LogP contribution in [0.5, 0.6) is 0 Å². The molecule has 3 aromatic rings. The molecule has 0 unspecified atom stereocenters. The Morgan fingerprint density at radius 1 is 0.920 bits per heavy atom. The van der Waals surface area contributed by atoms with Gasteiger partial charge < -0.3 is 9.47 Å². The zero-order chi connectivity index (χ0) is 17.2. The third-order valence-electron chi connectivity index (χ3n) is 5.10. The van der Waals surface area contributed by atoms with Crippen LogP contribution in [0.2, 0.25) is 0 Å². The number of nitrogens with zero attached hydrogens (tertiary/aromatic N) is 3. The maximum absolute atomic E-state index is 12.6. The molecule has 0 N–H and O–H groups in total. The van der Waals surface area contributed by atoms with Gasteiger partial charge in [0.1, 0.15) is 5.69 Å². The molecule has 0 saturated carbocycles. The van der Waals surface area contributed by atoms with Gasteiger partial charge in [-0.05, 0) is 28.5 Å². The van der Waals surface area contributed by atoms with Gasteiger partial charge in [0.2, 0.25) is 0 Å². The summed E-state index contributed by atoms with van der Waals surface area (Å²) in [5.74, 6) is 0.136. The molecule has 1 aliphatic heterocycles. The normalized spacial score (nSPS) is 15.6. The lowest BCUT2D eigenvalue weighted by atomic mass is 10.0. The van der Waals surface area contributed by atoms with E-state index in [2.05, 4.69) is 47.4 Å². The molecule has 128 valence electrons. The quantitative estimate of drug-likeness (QED) is 0.737. The minimum absolute atomic E-state index is 0.136. The van der Waals surface area contributed by atoms with Gasteiger partial charge in [0.25, 0.3) is 5.91 Å². The van der Waals surface area contributed by atoms with Crippen LogP contribution in [0.25, 0.3) is 10.8 Å². The molecule has 0 spiro atoms. The molecule has 4 rings (SSSR count). The van der Waals surface area contributed by atoms with Gasteiger partial charge in [-0.15, -0.1) is 0 Å². The van der Waals surface area contributed by atoms with E-state index in [1.165, 1.54) is 16.3 Å². The number of amides is 1. The first-order chi connectivity index (χ1) is 12.2. The molecular formula is C21H23N3O. The fourth-order valence-electron chi connectivity index (χ4n) is 3.63. The molecule has 0 radical (unpaired) electrons. The first kappa shape index (κ1) is 15.9. The smallest absolute Gasteiger partial charge is 0.270 e. The molecule has 0 aliphatic carbocycles. The lowest BCUT2D eigenvalue weighted by molar-refractivity contribution is 0.0619. The van der Waals surface area contributed by atoms with E-state index < -0.39 is 0 Å². The van der Waals surface area contributed by atoms with E-state index in [-0.39, 0.29) is 5.91 Å². The highest BCUT2D eigenvalue weighted by Gasteiger charge is 2.23. The number of aromatic nitrogens is 1. The second kappa shape index (κ2) is 6.73. The molecule has 0 bridgehead atoms. The first-order valence-electron chi connectivity index (χ1n) is 8.82.